The van der Waals surface area contributed by atoms with E-state index in [0.29, 0.717) is 0 Å². The zero-order valence-corrected chi connectivity index (χ0v) is 26.7. The lowest BCUT2D eigenvalue weighted by Crippen LogP contribution is -1.93. The molecule has 0 aliphatic rings. The van der Waals surface area contributed by atoms with E-state index in [-0.39, 0.29) is 0 Å². The van der Waals surface area contributed by atoms with Crippen LogP contribution in [0.1, 0.15) is 0 Å². The number of benzene rings is 9. The van der Waals surface area contributed by atoms with Gasteiger partial charge in [0.2, 0.25) is 0 Å². The molecule has 0 N–H and O–H groups in total. The molecule has 0 fully saturated rings. The van der Waals surface area contributed by atoms with Crippen LogP contribution in [0.5, 0.6) is 0 Å². The molecule has 0 amide bonds. The Bertz CT molecular complexity index is 2800. The average molecular weight is 623 g/mol. The quantitative estimate of drug-likeness (QED) is 0.178. The summed E-state index contributed by atoms with van der Waals surface area (Å²) in [7, 11) is 0. The van der Waals surface area contributed by atoms with Crippen LogP contribution in [0.2, 0.25) is 0 Å². The van der Waals surface area contributed by atoms with Crippen molar-refractivity contribution in [2.75, 3.05) is 0 Å². The Morgan fingerprint density at radius 3 is 1.45 bits per heavy atom. The number of hydrogen-bond acceptors (Lipinski definition) is 1. The SMILES string of the molecule is c1ccc(-c2ccc3oc4ccccc4c3c2-c2cc(-c3c4ccccc4c(-c4ccccc4)c4ccccc34)cc3ccccc23)cc1. The van der Waals surface area contributed by atoms with Gasteiger partial charge < -0.3 is 4.42 Å². The van der Waals surface area contributed by atoms with E-state index in [1.807, 2.05) is 6.07 Å². The molecule has 0 atom stereocenters. The van der Waals surface area contributed by atoms with E-state index in [0.717, 1.165) is 21.9 Å². The zero-order chi connectivity index (χ0) is 32.3. The summed E-state index contributed by atoms with van der Waals surface area (Å²) in [5, 5.41) is 9.70. The van der Waals surface area contributed by atoms with Gasteiger partial charge in [-0.15, -0.1) is 0 Å². The van der Waals surface area contributed by atoms with Crippen molar-refractivity contribution in [3.63, 3.8) is 0 Å². The molecule has 1 aromatic heterocycles. The Kier molecular flexibility index (Phi) is 6.25. The van der Waals surface area contributed by atoms with Crippen LogP contribution in [0.3, 0.4) is 0 Å². The number of furan rings is 1. The summed E-state index contributed by atoms with van der Waals surface area (Å²) in [6, 6.07) is 65.8. The van der Waals surface area contributed by atoms with Crippen LogP contribution in [0.25, 0.3) is 98.8 Å². The molecule has 1 heterocycles. The highest BCUT2D eigenvalue weighted by atomic mass is 16.3. The fraction of sp³-hybridized carbons (Fsp3) is 0. The maximum Gasteiger partial charge on any atom is 0.136 e. The third kappa shape index (κ3) is 4.33. The van der Waals surface area contributed by atoms with E-state index in [1.165, 1.54) is 76.8 Å². The van der Waals surface area contributed by atoms with Crippen LogP contribution in [-0.4, -0.2) is 0 Å². The molecule has 0 aliphatic carbocycles. The Morgan fingerprint density at radius 2 is 0.796 bits per heavy atom. The standard InChI is InChI=1S/C48H30O/c1-3-15-31(16-4-1)36-27-28-44-48(41-25-13-14-26-43(41)49-44)47(36)42-30-34(29-33-19-7-8-20-35(33)42)46-39-23-11-9-21-37(39)45(32-17-5-2-6-18-32)38-22-10-12-24-40(38)46/h1-30H. The van der Waals surface area contributed by atoms with Gasteiger partial charge in [0.25, 0.3) is 0 Å². The average Bonchev–Trinajstić information content (AvgIpc) is 3.56. The minimum absolute atomic E-state index is 0.897. The third-order valence-electron chi connectivity index (χ3n) is 10.0. The lowest BCUT2D eigenvalue weighted by Gasteiger charge is -2.20. The molecular formula is C48H30O. The summed E-state index contributed by atoms with van der Waals surface area (Å²) in [5.74, 6) is 0. The van der Waals surface area contributed by atoms with E-state index in [2.05, 4.69) is 176 Å². The predicted molar refractivity (Wildman–Crippen MR) is 208 cm³/mol. The second-order valence-electron chi connectivity index (χ2n) is 12.8. The summed E-state index contributed by atoms with van der Waals surface area (Å²) in [5.41, 5.74) is 11.5. The minimum Gasteiger partial charge on any atom is -0.456 e. The molecule has 0 saturated heterocycles. The zero-order valence-electron chi connectivity index (χ0n) is 26.7. The smallest absolute Gasteiger partial charge is 0.136 e. The van der Waals surface area contributed by atoms with Gasteiger partial charge in [-0.3, -0.25) is 0 Å². The summed E-state index contributed by atoms with van der Waals surface area (Å²) in [6.45, 7) is 0. The van der Waals surface area contributed by atoms with Crippen molar-refractivity contribution in [3.05, 3.63) is 182 Å². The van der Waals surface area contributed by atoms with Crippen molar-refractivity contribution in [2.24, 2.45) is 0 Å². The molecule has 1 nitrogen and oxygen atoms in total. The number of rotatable bonds is 4. The molecule has 0 aliphatic heterocycles. The van der Waals surface area contributed by atoms with Gasteiger partial charge in [0.1, 0.15) is 11.2 Å². The minimum atomic E-state index is 0.897. The summed E-state index contributed by atoms with van der Waals surface area (Å²) in [6.07, 6.45) is 0. The first-order chi connectivity index (χ1) is 24.3. The molecule has 9 aromatic carbocycles. The van der Waals surface area contributed by atoms with Gasteiger partial charge in [-0.2, -0.15) is 0 Å². The molecule has 0 spiro atoms. The number of para-hydroxylation sites is 1. The first-order valence-electron chi connectivity index (χ1n) is 16.9. The van der Waals surface area contributed by atoms with Crippen molar-refractivity contribution in [1.82, 2.24) is 0 Å². The van der Waals surface area contributed by atoms with Gasteiger partial charge in [-0.25, -0.2) is 0 Å². The molecule has 0 bridgehead atoms. The van der Waals surface area contributed by atoms with Gasteiger partial charge in [-0.1, -0.05) is 158 Å². The second-order valence-corrected chi connectivity index (χ2v) is 12.8. The predicted octanol–water partition coefficient (Wildman–Crippen LogP) is 13.7. The third-order valence-corrected chi connectivity index (χ3v) is 10.0. The molecule has 49 heavy (non-hydrogen) atoms. The first kappa shape index (κ1) is 27.7. The van der Waals surface area contributed by atoms with E-state index < -0.39 is 0 Å². The van der Waals surface area contributed by atoms with Crippen molar-refractivity contribution in [2.45, 2.75) is 0 Å². The summed E-state index contributed by atoms with van der Waals surface area (Å²) in [4.78, 5) is 0. The van der Waals surface area contributed by atoms with Gasteiger partial charge in [0, 0.05) is 16.3 Å². The van der Waals surface area contributed by atoms with Crippen LogP contribution >= 0.6 is 0 Å². The monoisotopic (exact) mass is 622 g/mol. The van der Waals surface area contributed by atoms with Crippen LogP contribution < -0.4 is 0 Å². The van der Waals surface area contributed by atoms with E-state index in [4.69, 9.17) is 4.42 Å². The summed E-state index contributed by atoms with van der Waals surface area (Å²) >= 11 is 0. The van der Waals surface area contributed by atoms with Gasteiger partial charge >= 0.3 is 0 Å². The highest BCUT2D eigenvalue weighted by Gasteiger charge is 2.22. The highest BCUT2D eigenvalue weighted by Crippen LogP contribution is 2.49. The van der Waals surface area contributed by atoms with Gasteiger partial charge in [-0.05, 0) is 95.5 Å². The second kappa shape index (κ2) is 11.1. The molecule has 0 saturated carbocycles. The topological polar surface area (TPSA) is 13.1 Å². The Labute approximate surface area is 284 Å². The number of fused-ring (bicyclic) bond motifs is 6. The summed E-state index contributed by atoms with van der Waals surface area (Å²) < 4.78 is 6.50. The lowest BCUT2D eigenvalue weighted by atomic mass is 9.83. The maximum atomic E-state index is 6.50. The van der Waals surface area contributed by atoms with E-state index >= 15 is 0 Å². The molecule has 10 rings (SSSR count). The normalized spacial score (nSPS) is 11.7. The fourth-order valence-corrected chi connectivity index (χ4v) is 7.97. The Morgan fingerprint density at radius 1 is 0.286 bits per heavy atom. The molecule has 228 valence electrons. The van der Waals surface area contributed by atoms with Gasteiger partial charge in [0.05, 0.1) is 0 Å². The van der Waals surface area contributed by atoms with Crippen molar-refractivity contribution >= 4 is 54.3 Å². The van der Waals surface area contributed by atoms with Crippen molar-refractivity contribution in [3.8, 4) is 44.5 Å². The van der Waals surface area contributed by atoms with Gasteiger partial charge in [0.15, 0.2) is 0 Å². The number of hydrogen-bond donors (Lipinski definition) is 0. The lowest BCUT2D eigenvalue weighted by molar-refractivity contribution is 0.669. The Hall–Kier alpha value is -6.44. The molecule has 0 radical (unpaired) electrons. The fourth-order valence-electron chi connectivity index (χ4n) is 7.97. The van der Waals surface area contributed by atoms with Crippen molar-refractivity contribution < 1.29 is 4.42 Å². The highest BCUT2D eigenvalue weighted by molar-refractivity contribution is 6.23. The van der Waals surface area contributed by atoms with E-state index in [9.17, 15) is 0 Å². The van der Waals surface area contributed by atoms with E-state index in [1.54, 1.807) is 0 Å². The first-order valence-corrected chi connectivity index (χ1v) is 16.9. The van der Waals surface area contributed by atoms with Crippen LogP contribution in [0.15, 0.2) is 186 Å². The van der Waals surface area contributed by atoms with Crippen molar-refractivity contribution in [1.29, 1.82) is 0 Å². The molecule has 10 aromatic rings. The van der Waals surface area contributed by atoms with Crippen LogP contribution in [0.4, 0.5) is 0 Å². The largest absolute Gasteiger partial charge is 0.456 e. The molecule has 0 unspecified atom stereocenters. The van der Waals surface area contributed by atoms with Crippen LogP contribution in [0, 0.1) is 0 Å². The maximum absolute atomic E-state index is 6.50. The molecular weight excluding hydrogens is 593 g/mol. The van der Waals surface area contributed by atoms with Crippen LogP contribution in [-0.2, 0) is 0 Å². The Balaban J connectivity index is 1.37. The molecule has 1 heteroatoms.